The van der Waals surface area contributed by atoms with Gasteiger partial charge in [0.1, 0.15) is 6.33 Å². The number of aromatic amines is 1. The first kappa shape index (κ1) is 21.1. The largest absolute Gasteiger partial charge is 0.354 e. The highest BCUT2D eigenvalue weighted by molar-refractivity contribution is 5.80. The lowest BCUT2D eigenvalue weighted by molar-refractivity contribution is 0.134. The van der Waals surface area contributed by atoms with Crippen molar-refractivity contribution in [3.05, 3.63) is 72.1 Å². The SMILES string of the molecule is CN=C(NCc1cccc(-c2ncn[nH]2)c1)NC1CCN(Cc2ccccc2)C(C)C1. The predicted octanol–water partition coefficient (Wildman–Crippen LogP) is 3.19. The number of rotatable bonds is 6. The van der Waals surface area contributed by atoms with Gasteiger partial charge < -0.3 is 10.6 Å². The van der Waals surface area contributed by atoms with Crippen LogP contribution in [0.2, 0.25) is 0 Å². The Bertz CT molecular complexity index is 969. The van der Waals surface area contributed by atoms with Gasteiger partial charge in [0.2, 0.25) is 0 Å². The predicted molar refractivity (Wildman–Crippen MR) is 124 cm³/mol. The number of piperidine rings is 1. The maximum absolute atomic E-state index is 4.43. The topological polar surface area (TPSA) is 81.2 Å². The minimum atomic E-state index is 0.425. The van der Waals surface area contributed by atoms with E-state index >= 15 is 0 Å². The second-order valence-electron chi connectivity index (χ2n) is 8.13. The highest BCUT2D eigenvalue weighted by Gasteiger charge is 2.25. The molecule has 3 aromatic rings. The van der Waals surface area contributed by atoms with Crippen LogP contribution in [0, 0.1) is 0 Å². The van der Waals surface area contributed by atoms with E-state index in [-0.39, 0.29) is 0 Å². The van der Waals surface area contributed by atoms with Crippen LogP contribution in [-0.2, 0) is 13.1 Å². The number of nitrogens with zero attached hydrogens (tertiary/aromatic N) is 4. The van der Waals surface area contributed by atoms with Crippen molar-refractivity contribution >= 4 is 5.96 Å². The number of nitrogens with one attached hydrogen (secondary N) is 3. The van der Waals surface area contributed by atoms with E-state index in [0.29, 0.717) is 18.6 Å². The van der Waals surface area contributed by atoms with Crippen molar-refractivity contribution in [1.29, 1.82) is 0 Å². The summed E-state index contributed by atoms with van der Waals surface area (Å²) in [6.45, 7) is 5.12. The molecule has 7 nitrogen and oxygen atoms in total. The molecule has 0 bridgehead atoms. The molecule has 7 heteroatoms. The summed E-state index contributed by atoms with van der Waals surface area (Å²) in [5.41, 5.74) is 3.58. The van der Waals surface area contributed by atoms with Gasteiger partial charge in [-0.1, -0.05) is 48.5 Å². The fraction of sp³-hybridized carbons (Fsp3) is 0.375. The Morgan fingerprint density at radius 1 is 1.16 bits per heavy atom. The first-order valence-electron chi connectivity index (χ1n) is 10.9. The zero-order chi connectivity index (χ0) is 21.5. The van der Waals surface area contributed by atoms with Gasteiger partial charge >= 0.3 is 0 Å². The van der Waals surface area contributed by atoms with Gasteiger partial charge in [-0.15, -0.1) is 0 Å². The van der Waals surface area contributed by atoms with E-state index in [1.807, 2.05) is 19.2 Å². The number of aromatic nitrogens is 3. The summed E-state index contributed by atoms with van der Waals surface area (Å²) in [4.78, 5) is 11.2. The van der Waals surface area contributed by atoms with Gasteiger partial charge in [0.05, 0.1) is 0 Å². The number of hydrogen-bond acceptors (Lipinski definition) is 4. The Morgan fingerprint density at radius 3 is 2.74 bits per heavy atom. The van der Waals surface area contributed by atoms with Crippen molar-refractivity contribution in [3.8, 4) is 11.4 Å². The minimum absolute atomic E-state index is 0.425. The van der Waals surface area contributed by atoms with Crippen LogP contribution in [0.3, 0.4) is 0 Å². The number of guanidine groups is 1. The normalized spacial score (nSPS) is 19.9. The molecule has 1 fully saturated rings. The molecule has 2 atom stereocenters. The zero-order valence-electron chi connectivity index (χ0n) is 18.3. The molecule has 0 spiro atoms. The number of H-pyrrole nitrogens is 1. The van der Waals surface area contributed by atoms with Crippen molar-refractivity contribution in [2.24, 2.45) is 4.99 Å². The Balaban J connectivity index is 1.28. The summed E-state index contributed by atoms with van der Waals surface area (Å²) in [6, 6.07) is 20.0. The Kier molecular flexibility index (Phi) is 6.94. The van der Waals surface area contributed by atoms with Crippen LogP contribution in [-0.4, -0.2) is 51.7 Å². The zero-order valence-corrected chi connectivity index (χ0v) is 18.3. The lowest BCUT2D eigenvalue weighted by Crippen LogP contribution is -2.51. The molecule has 0 saturated carbocycles. The van der Waals surface area contributed by atoms with Gasteiger partial charge in [-0.3, -0.25) is 15.0 Å². The molecule has 1 saturated heterocycles. The van der Waals surface area contributed by atoms with E-state index in [1.54, 1.807) is 0 Å². The molecule has 1 aliphatic heterocycles. The van der Waals surface area contributed by atoms with Crippen LogP contribution < -0.4 is 10.6 Å². The molecule has 2 unspecified atom stereocenters. The van der Waals surface area contributed by atoms with E-state index in [2.05, 4.69) is 85.1 Å². The van der Waals surface area contributed by atoms with Crippen LogP contribution in [0.25, 0.3) is 11.4 Å². The lowest BCUT2D eigenvalue weighted by Gasteiger charge is -2.38. The highest BCUT2D eigenvalue weighted by Crippen LogP contribution is 2.20. The van der Waals surface area contributed by atoms with Crippen molar-refractivity contribution in [2.45, 2.75) is 44.9 Å². The van der Waals surface area contributed by atoms with Gasteiger partial charge in [-0.25, -0.2) is 4.98 Å². The summed E-state index contributed by atoms with van der Waals surface area (Å²) < 4.78 is 0. The third kappa shape index (κ3) is 5.70. The summed E-state index contributed by atoms with van der Waals surface area (Å²) in [7, 11) is 1.83. The molecule has 2 heterocycles. The van der Waals surface area contributed by atoms with Crippen molar-refractivity contribution in [3.63, 3.8) is 0 Å². The molecular weight excluding hydrogens is 386 g/mol. The number of hydrogen-bond donors (Lipinski definition) is 3. The molecular formula is C24H31N7. The quantitative estimate of drug-likeness (QED) is 0.424. The van der Waals surface area contributed by atoms with E-state index < -0.39 is 0 Å². The molecule has 4 rings (SSSR count). The average Bonchev–Trinajstić information content (AvgIpc) is 3.34. The second kappa shape index (κ2) is 10.2. The Labute approximate surface area is 184 Å². The van der Waals surface area contributed by atoms with E-state index in [0.717, 1.165) is 43.3 Å². The van der Waals surface area contributed by atoms with Crippen LogP contribution in [0.15, 0.2) is 65.9 Å². The van der Waals surface area contributed by atoms with Gasteiger partial charge in [0.15, 0.2) is 11.8 Å². The average molecular weight is 418 g/mol. The van der Waals surface area contributed by atoms with Crippen LogP contribution in [0.4, 0.5) is 0 Å². The summed E-state index contributed by atoms with van der Waals surface area (Å²) in [5.74, 6) is 1.62. The molecule has 1 aromatic heterocycles. The lowest BCUT2D eigenvalue weighted by atomic mass is 9.97. The van der Waals surface area contributed by atoms with Crippen molar-refractivity contribution < 1.29 is 0 Å². The molecule has 0 amide bonds. The summed E-state index contributed by atoms with van der Waals surface area (Å²) >= 11 is 0. The number of benzene rings is 2. The fourth-order valence-electron chi connectivity index (χ4n) is 4.15. The van der Waals surface area contributed by atoms with E-state index in [9.17, 15) is 0 Å². The molecule has 162 valence electrons. The third-order valence-electron chi connectivity index (χ3n) is 5.88. The maximum Gasteiger partial charge on any atom is 0.191 e. The standard InChI is InChI=1S/C24H31N7/c1-18-13-22(11-12-31(18)16-19-7-4-3-5-8-19)29-24(25-2)26-15-20-9-6-10-21(14-20)23-27-17-28-30-23/h3-10,14,17-18,22H,11-13,15-16H2,1-2H3,(H2,25,26,29)(H,27,28,30). The minimum Gasteiger partial charge on any atom is -0.354 e. The van der Waals surface area contributed by atoms with Crippen LogP contribution >= 0.6 is 0 Å². The molecule has 1 aliphatic rings. The monoisotopic (exact) mass is 417 g/mol. The van der Waals surface area contributed by atoms with Crippen LogP contribution in [0.1, 0.15) is 30.9 Å². The molecule has 2 aromatic carbocycles. The van der Waals surface area contributed by atoms with E-state index in [1.165, 1.54) is 17.5 Å². The maximum atomic E-state index is 4.43. The summed E-state index contributed by atoms with van der Waals surface area (Å²) in [6.07, 6.45) is 3.74. The molecule has 31 heavy (non-hydrogen) atoms. The van der Waals surface area contributed by atoms with Gasteiger partial charge in [-0.05, 0) is 37.0 Å². The van der Waals surface area contributed by atoms with Crippen molar-refractivity contribution in [2.75, 3.05) is 13.6 Å². The molecule has 0 radical (unpaired) electrons. The van der Waals surface area contributed by atoms with Gasteiger partial charge in [0.25, 0.3) is 0 Å². The smallest absolute Gasteiger partial charge is 0.191 e. The third-order valence-corrected chi connectivity index (χ3v) is 5.88. The van der Waals surface area contributed by atoms with Gasteiger partial charge in [-0.2, -0.15) is 5.10 Å². The van der Waals surface area contributed by atoms with Gasteiger partial charge in [0, 0.05) is 44.3 Å². The molecule has 0 aliphatic carbocycles. The fourth-order valence-corrected chi connectivity index (χ4v) is 4.15. The number of likely N-dealkylation sites (tertiary alicyclic amines) is 1. The first-order valence-corrected chi connectivity index (χ1v) is 10.9. The summed E-state index contributed by atoms with van der Waals surface area (Å²) in [5, 5.41) is 13.9. The van der Waals surface area contributed by atoms with Crippen molar-refractivity contribution in [1.82, 2.24) is 30.7 Å². The highest BCUT2D eigenvalue weighted by atomic mass is 15.2. The first-order chi connectivity index (χ1) is 15.2. The Hall–Kier alpha value is -3.19. The Morgan fingerprint density at radius 2 is 2.00 bits per heavy atom. The van der Waals surface area contributed by atoms with Crippen LogP contribution in [0.5, 0.6) is 0 Å². The second-order valence-corrected chi connectivity index (χ2v) is 8.13. The van der Waals surface area contributed by atoms with E-state index in [4.69, 9.17) is 0 Å². The molecule has 3 N–H and O–H groups in total. The number of aliphatic imine (C=N–C) groups is 1.